The first kappa shape index (κ1) is 27.5. The van der Waals surface area contributed by atoms with Crippen LogP contribution in [0.1, 0.15) is 52.0 Å². The summed E-state index contributed by atoms with van der Waals surface area (Å²) in [5.41, 5.74) is 7.83. The Morgan fingerprint density at radius 1 is 0.950 bits per heavy atom. The highest BCUT2D eigenvalue weighted by molar-refractivity contribution is 6.07. The fraction of sp³-hybridized carbons (Fsp3) is 0.303. The lowest BCUT2D eigenvalue weighted by Crippen LogP contribution is -2.48. The summed E-state index contributed by atoms with van der Waals surface area (Å²) in [5, 5.41) is 10.5. The van der Waals surface area contributed by atoms with Crippen molar-refractivity contribution < 1.29 is 14.4 Å². The number of carbonyl (C=O) groups excluding carboxylic acids is 3. The van der Waals surface area contributed by atoms with Crippen LogP contribution in [0, 0.1) is 0 Å². The number of amides is 2. The molecular formula is C33H36N4O3. The predicted octanol–water partition coefficient (Wildman–Crippen LogP) is 4.42. The summed E-state index contributed by atoms with van der Waals surface area (Å²) in [7, 11) is 0. The number of aldehydes is 1. The van der Waals surface area contributed by atoms with Crippen LogP contribution in [0.5, 0.6) is 0 Å². The van der Waals surface area contributed by atoms with Gasteiger partial charge in [0.25, 0.3) is 5.91 Å². The van der Waals surface area contributed by atoms with Gasteiger partial charge >= 0.3 is 0 Å². The molecule has 0 aromatic heterocycles. The molecule has 1 aliphatic heterocycles. The van der Waals surface area contributed by atoms with Crippen molar-refractivity contribution in [3.05, 3.63) is 95.6 Å². The Bertz CT molecular complexity index is 1510. The van der Waals surface area contributed by atoms with E-state index in [0.717, 1.165) is 46.2 Å². The molecule has 7 heteroatoms. The summed E-state index contributed by atoms with van der Waals surface area (Å²) in [6.45, 7) is 1.88. The zero-order valence-corrected chi connectivity index (χ0v) is 22.6. The van der Waals surface area contributed by atoms with E-state index in [-0.39, 0.29) is 23.9 Å². The van der Waals surface area contributed by atoms with Crippen molar-refractivity contribution in [2.24, 2.45) is 5.73 Å². The van der Waals surface area contributed by atoms with Crippen molar-refractivity contribution >= 4 is 39.6 Å². The van der Waals surface area contributed by atoms with Crippen LogP contribution in [-0.2, 0) is 11.3 Å². The highest BCUT2D eigenvalue weighted by Gasteiger charge is 2.31. The average molecular weight is 537 g/mol. The van der Waals surface area contributed by atoms with Gasteiger partial charge < -0.3 is 21.3 Å². The number of hydrogen-bond donors (Lipinski definition) is 3. The third-order valence-electron chi connectivity index (χ3n) is 7.82. The Morgan fingerprint density at radius 3 is 2.45 bits per heavy atom. The van der Waals surface area contributed by atoms with E-state index >= 15 is 0 Å². The zero-order chi connectivity index (χ0) is 27.9. The van der Waals surface area contributed by atoms with Crippen LogP contribution >= 0.6 is 0 Å². The largest absolute Gasteiger partial charge is 0.350 e. The minimum absolute atomic E-state index is 0.0184. The average Bonchev–Trinajstić information content (AvgIpc) is 3.13. The number of fused-ring (bicyclic) bond motifs is 2. The second kappa shape index (κ2) is 12.9. The van der Waals surface area contributed by atoms with E-state index in [0.29, 0.717) is 50.1 Å². The topological polar surface area (TPSA) is 105 Å². The molecule has 1 aliphatic rings. The molecule has 7 nitrogen and oxygen atoms in total. The van der Waals surface area contributed by atoms with Crippen molar-refractivity contribution in [2.45, 2.75) is 44.3 Å². The van der Waals surface area contributed by atoms with Gasteiger partial charge in [0.1, 0.15) is 0 Å². The van der Waals surface area contributed by atoms with Crippen LogP contribution in [-0.4, -0.2) is 54.7 Å². The molecule has 0 unspecified atom stereocenters. The van der Waals surface area contributed by atoms with Crippen LogP contribution in [0.25, 0.3) is 21.5 Å². The van der Waals surface area contributed by atoms with Gasteiger partial charge in [0.15, 0.2) is 6.29 Å². The lowest BCUT2D eigenvalue weighted by Gasteiger charge is -2.25. The molecule has 4 aromatic rings. The summed E-state index contributed by atoms with van der Waals surface area (Å²) in [6.07, 6.45) is 3.91. The normalized spacial score (nSPS) is 17.6. The SMILES string of the molecule is NCCCC[C@@H]1N[C@H](CNC(=O)c2cccc3ccccc23)CCN(Cc2ccc3ccccc3c2C=O)C1=O. The highest BCUT2D eigenvalue weighted by Crippen LogP contribution is 2.24. The number of hydrogen-bond acceptors (Lipinski definition) is 5. The molecule has 0 spiro atoms. The van der Waals surface area contributed by atoms with E-state index in [1.807, 2.05) is 83.8 Å². The number of rotatable bonds is 10. The molecule has 1 fully saturated rings. The van der Waals surface area contributed by atoms with Gasteiger partial charge in [-0.2, -0.15) is 0 Å². The molecule has 1 heterocycles. The van der Waals surface area contributed by atoms with Gasteiger partial charge in [-0.3, -0.25) is 14.4 Å². The molecule has 2 atom stereocenters. The summed E-state index contributed by atoms with van der Waals surface area (Å²) in [5.74, 6) is -0.109. The number of nitrogens with zero attached hydrogens (tertiary/aromatic N) is 1. The molecular weight excluding hydrogens is 500 g/mol. The molecule has 0 aliphatic carbocycles. The van der Waals surface area contributed by atoms with Gasteiger partial charge in [0.2, 0.25) is 5.91 Å². The maximum Gasteiger partial charge on any atom is 0.251 e. The Hall–Kier alpha value is -4.07. The standard InChI is InChI=1S/C33H36N4O3/c34-18-6-5-14-31-33(40)37(21-25-16-15-24-9-2-4-12-28(24)30(25)22-38)19-17-26(36-31)20-35-32(39)29-13-7-10-23-8-1-3-11-27(23)29/h1-4,7-13,15-16,22,26,31,36H,5-6,14,17-21,34H2,(H,35,39)/t26-,31-/m0/s1. The third kappa shape index (κ3) is 6.06. The molecule has 40 heavy (non-hydrogen) atoms. The Morgan fingerprint density at radius 2 is 1.68 bits per heavy atom. The van der Waals surface area contributed by atoms with Crippen molar-refractivity contribution in [3.63, 3.8) is 0 Å². The molecule has 0 saturated carbocycles. The summed E-state index contributed by atoms with van der Waals surface area (Å²) in [6, 6.07) is 24.9. The second-order valence-corrected chi connectivity index (χ2v) is 10.5. The smallest absolute Gasteiger partial charge is 0.251 e. The van der Waals surface area contributed by atoms with E-state index in [2.05, 4.69) is 10.6 Å². The van der Waals surface area contributed by atoms with Gasteiger partial charge in [0, 0.05) is 36.8 Å². The first-order valence-electron chi connectivity index (χ1n) is 14.1. The number of carbonyl (C=O) groups is 3. The molecule has 206 valence electrons. The Kier molecular flexibility index (Phi) is 8.84. The first-order valence-corrected chi connectivity index (χ1v) is 14.1. The van der Waals surface area contributed by atoms with Crippen molar-refractivity contribution in [1.82, 2.24) is 15.5 Å². The quantitative estimate of drug-likeness (QED) is 0.206. The van der Waals surface area contributed by atoms with Gasteiger partial charge in [-0.15, -0.1) is 0 Å². The van der Waals surface area contributed by atoms with Crippen molar-refractivity contribution in [1.29, 1.82) is 0 Å². The van der Waals surface area contributed by atoms with E-state index in [4.69, 9.17) is 5.73 Å². The minimum atomic E-state index is -0.381. The maximum atomic E-state index is 13.7. The van der Waals surface area contributed by atoms with Crippen molar-refractivity contribution in [2.75, 3.05) is 19.6 Å². The minimum Gasteiger partial charge on any atom is -0.350 e. The molecule has 4 aromatic carbocycles. The van der Waals surface area contributed by atoms with Crippen LogP contribution in [0.3, 0.4) is 0 Å². The fourth-order valence-corrected chi connectivity index (χ4v) is 5.66. The van der Waals surface area contributed by atoms with E-state index < -0.39 is 0 Å². The zero-order valence-electron chi connectivity index (χ0n) is 22.6. The third-order valence-corrected chi connectivity index (χ3v) is 7.82. The van der Waals surface area contributed by atoms with Gasteiger partial charge in [-0.25, -0.2) is 0 Å². The second-order valence-electron chi connectivity index (χ2n) is 10.5. The van der Waals surface area contributed by atoms with Gasteiger partial charge in [-0.05, 0) is 59.0 Å². The fourth-order valence-electron chi connectivity index (χ4n) is 5.66. The summed E-state index contributed by atoms with van der Waals surface area (Å²) >= 11 is 0. The van der Waals surface area contributed by atoms with E-state index in [1.165, 1.54) is 0 Å². The van der Waals surface area contributed by atoms with Gasteiger partial charge in [-0.1, -0.05) is 79.2 Å². The molecule has 5 rings (SSSR count). The monoisotopic (exact) mass is 536 g/mol. The van der Waals surface area contributed by atoms with Crippen LogP contribution in [0.4, 0.5) is 0 Å². The molecule has 0 radical (unpaired) electrons. The number of benzene rings is 4. The lowest BCUT2D eigenvalue weighted by molar-refractivity contribution is -0.133. The van der Waals surface area contributed by atoms with Gasteiger partial charge in [0.05, 0.1) is 6.04 Å². The molecule has 1 saturated heterocycles. The summed E-state index contributed by atoms with van der Waals surface area (Å²) in [4.78, 5) is 40.8. The number of unbranched alkanes of at least 4 members (excludes halogenated alkanes) is 1. The van der Waals surface area contributed by atoms with Crippen LogP contribution in [0.2, 0.25) is 0 Å². The van der Waals surface area contributed by atoms with Crippen LogP contribution in [0.15, 0.2) is 78.9 Å². The van der Waals surface area contributed by atoms with E-state index in [1.54, 1.807) is 0 Å². The predicted molar refractivity (Wildman–Crippen MR) is 159 cm³/mol. The Labute approximate surface area is 234 Å². The van der Waals surface area contributed by atoms with E-state index in [9.17, 15) is 14.4 Å². The Balaban J connectivity index is 1.32. The molecule has 0 bridgehead atoms. The molecule has 2 amide bonds. The summed E-state index contributed by atoms with van der Waals surface area (Å²) < 4.78 is 0. The highest BCUT2D eigenvalue weighted by atomic mass is 16.2. The number of nitrogens with one attached hydrogen (secondary N) is 2. The molecule has 4 N–H and O–H groups in total. The first-order chi connectivity index (χ1) is 19.6. The number of nitrogens with two attached hydrogens (primary N) is 1. The maximum absolute atomic E-state index is 13.7. The lowest BCUT2D eigenvalue weighted by atomic mass is 9.99. The van der Waals surface area contributed by atoms with Crippen molar-refractivity contribution in [3.8, 4) is 0 Å². The van der Waals surface area contributed by atoms with Crippen LogP contribution < -0.4 is 16.4 Å².